The number of halogens is 2. The highest BCUT2D eigenvalue weighted by Gasteiger charge is 2.38. The third-order valence-electron chi connectivity index (χ3n) is 9.28. The molecule has 0 bridgehead atoms. The first-order chi connectivity index (χ1) is 21.7. The van der Waals surface area contributed by atoms with Gasteiger partial charge in [-0.1, -0.05) is 13.0 Å². The molecule has 3 aliphatic rings. The number of hydrogen-bond donors (Lipinski definition) is 2. The zero-order valence-electron chi connectivity index (χ0n) is 26.0. The zero-order chi connectivity index (χ0) is 31.8. The Hall–Kier alpha value is -4.23. The van der Waals surface area contributed by atoms with Crippen molar-refractivity contribution in [2.24, 2.45) is 11.7 Å². The molecule has 240 valence electrons. The summed E-state index contributed by atoms with van der Waals surface area (Å²) in [4.78, 5) is 24.9. The van der Waals surface area contributed by atoms with Gasteiger partial charge in [-0.2, -0.15) is 0 Å². The van der Waals surface area contributed by atoms with Gasteiger partial charge >= 0.3 is 6.09 Å². The fraction of sp³-hybridized carbons (Fsp3) is 0.469. The van der Waals surface area contributed by atoms with E-state index in [1.165, 1.54) is 19.2 Å². The van der Waals surface area contributed by atoms with Gasteiger partial charge in [0.15, 0.2) is 0 Å². The Morgan fingerprint density at radius 1 is 1.18 bits per heavy atom. The van der Waals surface area contributed by atoms with Crippen LogP contribution in [-0.2, 0) is 9.47 Å². The van der Waals surface area contributed by atoms with Gasteiger partial charge in [0.05, 0.1) is 54.2 Å². The average Bonchev–Trinajstić information content (AvgIpc) is 3.44. The Labute approximate surface area is 261 Å². The molecule has 0 saturated carbocycles. The van der Waals surface area contributed by atoms with Crippen molar-refractivity contribution in [1.82, 2.24) is 19.5 Å². The van der Waals surface area contributed by atoms with Gasteiger partial charge in [-0.3, -0.25) is 4.98 Å². The Balaban J connectivity index is 1.24. The standard InChI is InChI=1S/C32H40F2N8O3/c1-19-17-41(18-25(35)30(19)39(2)32(43)44-4)27-7-10-36-16-26(27)38-31-37-15-22-5-6-28(40(3)42(22)31)29-23(33)13-21(14-24(29)34)20-8-11-45-12-9-20/h5-7,10,13-16,19-20,25,28,30H,8-9,11-12,17-18,35H2,1-4H3,(H,37,38)/t19-,25+,28?,30-/m0/s1. The van der Waals surface area contributed by atoms with Crippen LogP contribution in [0, 0.1) is 17.6 Å². The first-order valence-corrected chi connectivity index (χ1v) is 15.3. The second kappa shape index (κ2) is 12.6. The number of carbonyl (C=O) groups excluding carboxylic acids is 1. The number of nitrogens with zero attached hydrogens (tertiary/aromatic N) is 6. The highest BCUT2D eigenvalue weighted by molar-refractivity contribution is 5.74. The molecule has 6 rings (SSSR count). The number of carbonyl (C=O) groups is 1. The van der Waals surface area contributed by atoms with E-state index in [2.05, 4.69) is 27.1 Å². The summed E-state index contributed by atoms with van der Waals surface area (Å²) >= 11 is 0. The molecule has 45 heavy (non-hydrogen) atoms. The van der Waals surface area contributed by atoms with Crippen molar-refractivity contribution in [2.45, 2.75) is 43.8 Å². The van der Waals surface area contributed by atoms with Crippen LogP contribution in [0.3, 0.4) is 0 Å². The van der Waals surface area contributed by atoms with E-state index < -0.39 is 23.8 Å². The number of benzene rings is 1. The molecule has 0 spiro atoms. The predicted molar refractivity (Wildman–Crippen MR) is 168 cm³/mol. The lowest BCUT2D eigenvalue weighted by molar-refractivity contribution is 0.0852. The van der Waals surface area contributed by atoms with Crippen molar-refractivity contribution >= 4 is 29.5 Å². The van der Waals surface area contributed by atoms with Crippen LogP contribution in [-0.4, -0.2) is 85.2 Å². The molecule has 0 radical (unpaired) electrons. The molecular formula is C32H40F2N8O3. The normalized spacial score (nSPS) is 23.5. The number of imidazole rings is 1. The molecule has 3 aromatic rings. The number of ether oxygens (including phenoxy) is 2. The van der Waals surface area contributed by atoms with E-state index in [-0.39, 0.29) is 29.5 Å². The molecule has 1 amide bonds. The van der Waals surface area contributed by atoms with Gasteiger partial charge < -0.3 is 35.3 Å². The number of methoxy groups -OCH3 is 1. The van der Waals surface area contributed by atoms with Gasteiger partial charge in [0.25, 0.3) is 0 Å². The van der Waals surface area contributed by atoms with Gasteiger partial charge in [-0.25, -0.2) is 23.2 Å². The zero-order valence-corrected chi connectivity index (χ0v) is 26.0. The van der Waals surface area contributed by atoms with Crippen LogP contribution >= 0.6 is 0 Å². The van der Waals surface area contributed by atoms with Crippen LogP contribution in [0.4, 0.5) is 30.9 Å². The Morgan fingerprint density at radius 2 is 1.91 bits per heavy atom. The van der Waals surface area contributed by atoms with Crippen LogP contribution in [0.15, 0.2) is 42.9 Å². The van der Waals surface area contributed by atoms with Crippen molar-refractivity contribution in [1.29, 1.82) is 0 Å². The maximum atomic E-state index is 15.6. The first-order valence-electron chi connectivity index (χ1n) is 15.3. The van der Waals surface area contributed by atoms with E-state index >= 15 is 8.78 Å². The summed E-state index contributed by atoms with van der Waals surface area (Å²) in [5.74, 6) is -0.543. The van der Waals surface area contributed by atoms with Crippen LogP contribution in [0.5, 0.6) is 0 Å². The minimum atomic E-state index is -0.700. The second-order valence-corrected chi connectivity index (χ2v) is 12.1. The Morgan fingerprint density at radius 3 is 2.60 bits per heavy atom. The fourth-order valence-electron chi connectivity index (χ4n) is 7.09. The molecule has 1 aromatic carbocycles. The third-order valence-corrected chi connectivity index (χ3v) is 9.28. The predicted octanol–water partition coefficient (Wildman–Crippen LogP) is 4.38. The Bertz CT molecular complexity index is 1540. The monoisotopic (exact) mass is 622 g/mol. The van der Waals surface area contributed by atoms with Crippen molar-refractivity contribution in [3.05, 3.63) is 71.3 Å². The van der Waals surface area contributed by atoms with E-state index in [4.69, 9.17) is 15.2 Å². The Kier molecular flexibility index (Phi) is 8.65. The fourth-order valence-corrected chi connectivity index (χ4v) is 7.09. The van der Waals surface area contributed by atoms with E-state index in [1.807, 2.05) is 12.1 Å². The largest absolute Gasteiger partial charge is 0.453 e. The van der Waals surface area contributed by atoms with Crippen molar-refractivity contribution in [3.63, 3.8) is 0 Å². The number of anilines is 3. The van der Waals surface area contributed by atoms with Gasteiger partial charge in [-0.15, -0.1) is 0 Å². The van der Waals surface area contributed by atoms with Crippen LogP contribution in [0.25, 0.3) is 6.08 Å². The highest BCUT2D eigenvalue weighted by atomic mass is 19.1. The molecular weight excluding hydrogens is 582 g/mol. The van der Waals surface area contributed by atoms with E-state index in [0.717, 1.165) is 24.2 Å². The number of nitrogens with two attached hydrogens (primary N) is 1. The van der Waals surface area contributed by atoms with Crippen molar-refractivity contribution in [2.75, 3.05) is 62.7 Å². The minimum absolute atomic E-state index is 0.0142. The van der Waals surface area contributed by atoms with Gasteiger partial charge in [0, 0.05) is 52.6 Å². The van der Waals surface area contributed by atoms with Crippen LogP contribution in [0.2, 0.25) is 0 Å². The molecule has 3 N–H and O–H groups in total. The quantitative estimate of drug-likeness (QED) is 0.414. The lowest BCUT2D eigenvalue weighted by Crippen LogP contribution is -2.62. The molecule has 13 heteroatoms. The summed E-state index contributed by atoms with van der Waals surface area (Å²) in [5, 5.41) is 5.17. The molecule has 2 fully saturated rings. The summed E-state index contributed by atoms with van der Waals surface area (Å²) in [5.41, 5.74) is 9.59. The summed E-state index contributed by atoms with van der Waals surface area (Å²) in [7, 11) is 4.85. The first kappa shape index (κ1) is 30.8. The summed E-state index contributed by atoms with van der Waals surface area (Å²) in [6.45, 7) is 4.40. The third kappa shape index (κ3) is 5.82. The lowest BCUT2D eigenvalue weighted by atomic mass is 9.89. The van der Waals surface area contributed by atoms with E-state index in [0.29, 0.717) is 43.5 Å². The van der Waals surface area contributed by atoms with Crippen molar-refractivity contribution < 1.29 is 23.0 Å². The number of aromatic nitrogens is 3. The molecule has 5 heterocycles. The van der Waals surface area contributed by atoms with Crippen LogP contribution in [0.1, 0.15) is 48.5 Å². The molecule has 4 atom stereocenters. The number of likely N-dealkylation sites (N-methyl/N-ethyl adjacent to an activating group) is 2. The molecule has 0 aliphatic carbocycles. The smallest absolute Gasteiger partial charge is 0.409 e. The summed E-state index contributed by atoms with van der Waals surface area (Å²) in [6, 6.07) is 3.64. The number of hydrogen-bond acceptors (Lipinski definition) is 9. The maximum Gasteiger partial charge on any atom is 0.409 e. The average molecular weight is 623 g/mol. The summed E-state index contributed by atoms with van der Waals surface area (Å²) in [6.07, 6.45) is 9.81. The number of rotatable bonds is 6. The molecule has 3 aliphatic heterocycles. The minimum Gasteiger partial charge on any atom is -0.453 e. The highest BCUT2D eigenvalue weighted by Crippen LogP contribution is 2.37. The molecule has 2 saturated heterocycles. The van der Waals surface area contributed by atoms with Gasteiger partial charge in [0.1, 0.15) is 11.6 Å². The number of piperidine rings is 1. The van der Waals surface area contributed by atoms with E-state index in [1.54, 1.807) is 53.3 Å². The number of amides is 1. The molecule has 2 aromatic heterocycles. The number of fused-ring (bicyclic) bond motifs is 1. The molecule has 1 unspecified atom stereocenters. The summed E-state index contributed by atoms with van der Waals surface area (Å²) < 4.78 is 43.4. The van der Waals surface area contributed by atoms with Gasteiger partial charge in [-0.05, 0) is 54.5 Å². The lowest BCUT2D eigenvalue weighted by Gasteiger charge is -2.45. The second-order valence-electron chi connectivity index (χ2n) is 12.1. The van der Waals surface area contributed by atoms with Gasteiger partial charge in [0.2, 0.25) is 5.95 Å². The van der Waals surface area contributed by atoms with Crippen LogP contribution < -0.4 is 21.0 Å². The topological polar surface area (TPSA) is 114 Å². The number of nitrogens with one attached hydrogen (secondary N) is 1. The maximum absolute atomic E-state index is 15.6. The number of pyridine rings is 1. The van der Waals surface area contributed by atoms with E-state index in [9.17, 15) is 4.79 Å². The molecule has 11 nitrogen and oxygen atoms in total. The SMILES string of the molecule is COC(=O)N(C)[C@@H]1[C@H](N)CN(c2ccncc2Nc2ncc3n2N(C)C(c2c(F)cc(C4CCOCC4)cc2F)C=C3)C[C@@H]1C. The van der Waals surface area contributed by atoms with Crippen molar-refractivity contribution in [3.8, 4) is 0 Å².